The molecule has 1 fully saturated rings. The van der Waals surface area contributed by atoms with Crippen LogP contribution in [0.25, 0.3) is 11.2 Å². The highest BCUT2D eigenvalue weighted by atomic mass is 79.9. The number of fused-ring (bicyclic) bond motifs is 1. The van der Waals surface area contributed by atoms with Crippen molar-refractivity contribution in [3.63, 3.8) is 0 Å². The molecule has 158 valence electrons. The van der Waals surface area contributed by atoms with E-state index in [9.17, 15) is 4.79 Å². The second-order valence-corrected chi connectivity index (χ2v) is 9.58. The summed E-state index contributed by atoms with van der Waals surface area (Å²) in [7, 11) is 0. The van der Waals surface area contributed by atoms with Gasteiger partial charge in [-0.25, -0.2) is 9.97 Å². The van der Waals surface area contributed by atoms with Crippen LogP contribution < -0.4 is 0 Å². The van der Waals surface area contributed by atoms with Crippen molar-refractivity contribution in [2.45, 2.75) is 59.0 Å². The summed E-state index contributed by atoms with van der Waals surface area (Å²) in [6, 6.07) is 10.2. The van der Waals surface area contributed by atoms with Crippen molar-refractivity contribution in [2.75, 3.05) is 6.54 Å². The van der Waals surface area contributed by atoms with Crippen molar-refractivity contribution in [3.05, 3.63) is 58.0 Å². The normalized spacial score (nSPS) is 14.7. The molecule has 3 aromatic rings. The van der Waals surface area contributed by atoms with E-state index in [0.29, 0.717) is 30.6 Å². The minimum absolute atomic E-state index is 0.0439. The maximum atomic E-state index is 13.4. The third-order valence-corrected chi connectivity index (χ3v) is 6.69. The van der Waals surface area contributed by atoms with Gasteiger partial charge in [0.05, 0.1) is 6.54 Å². The lowest BCUT2D eigenvalue weighted by Gasteiger charge is -2.26. The van der Waals surface area contributed by atoms with E-state index < -0.39 is 0 Å². The Labute approximate surface area is 186 Å². The van der Waals surface area contributed by atoms with Crippen molar-refractivity contribution in [2.24, 2.45) is 5.92 Å². The monoisotopic (exact) mass is 468 g/mol. The Morgan fingerprint density at radius 1 is 1.27 bits per heavy atom. The van der Waals surface area contributed by atoms with Gasteiger partial charge in [0.15, 0.2) is 5.65 Å². The lowest BCUT2D eigenvalue weighted by atomic mass is 10.1. The molecule has 0 spiro atoms. The molecule has 1 amide bonds. The highest BCUT2D eigenvalue weighted by Crippen LogP contribution is 2.33. The lowest BCUT2D eigenvalue weighted by molar-refractivity contribution is 0.0715. The van der Waals surface area contributed by atoms with Crippen LogP contribution in [0.4, 0.5) is 0 Å². The summed E-state index contributed by atoms with van der Waals surface area (Å²) >= 11 is 3.57. The second-order valence-electron chi connectivity index (χ2n) is 8.73. The number of carbonyl (C=O) groups is 1. The summed E-state index contributed by atoms with van der Waals surface area (Å²) in [4.78, 5) is 24.9. The van der Waals surface area contributed by atoms with Gasteiger partial charge in [-0.2, -0.15) is 0 Å². The number of carbonyl (C=O) groups excluding carboxylic acids is 1. The van der Waals surface area contributed by atoms with Crippen molar-refractivity contribution >= 4 is 33.0 Å². The van der Waals surface area contributed by atoms with E-state index in [-0.39, 0.29) is 5.91 Å². The molecule has 2 heterocycles. The Balaban J connectivity index is 1.71. The quantitative estimate of drug-likeness (QED) is 0.451. The molecule has 6 heteroatoms. The Hall–Kier alpha value is -2.21. The number of pyridine rings is 1. The van der Waals surface area contributed by atoms with Crippen LogP contribution in [0.3, 0.4) is 0 Å². The van der Waals surface area contributed by atoms with Gasteiger partial charge in [0.25, 0.3) is 5.91 Å². The maximum absolute atomic E-state index is 13.4. The van der Waals surface area contributed by atoms with E-state index in [1.54, 1.807) is 0 Å². The Bertz CT molecular complexity index is 1050. The zero-order valence-corrected chi connectivity index (χ0v) is 19.5. The number of aromatic nitrogens is 3. The molecule has 30 heavy (non-hydrogen) atoms. The van der Waals surface area contributed by atoms with Crippen LogP contribution in [-0.2, 0) is 6.54 Å². The van der Waals surface area contributed by atoms with E-state index in [2.05, 4.69) is 39.3 Å². The van der Waals surface area contributed by atoms with Crippen LogP contribution in [0, 0.1) is 12.8 Å². The number of benzene rings is 1. The summed E-state index contributed by atoms with van der Waals surface area (Å²) in [5.41, 5.74) is 3.68. The van der Waals surface area contributed by atoms with Gasteiger partial charge in [-0.05, 0) is 55.5 Å². The van der Waals surface area contributed by atoms with Gasteiger partial charge >= 0.3 is 0 Å². The molecule has 1 aromatic carbocycles. The maximum Gasteiger partial charge on any atom is 0.254 e. The Morgan fingerprint density at radius 3 is 2.73 bits per heavy atom. The van der Waals surface area contributed by atoms with Gasteiger partial charge < -0.3 is 9.47 Å². The second kappa shape index (κ2) is 8.88. The van der Waals surface area contributed by atoms with Crippen molar-refractivity contribution in [1.82, 2.24) is 19.4 Å². The van der Waals surface area contributed by atoms with Crippen LogP contribution in [-0.4, -0.2) is 31.9 Å². The molecule has 1 saturated carbocycles. The third kappa shape index (κ3) is 4.29. The molecule has 0 N–H and O–H groups in total. The molecule has 1 aliphatic carbocycles. The van der Waals surface area contributed by atoms with Crippen molar-refractivity contribution in [1.29, 1.82) is 0 Å². The Morgan fingerprint density at radius 2 is 2.03 bits per heavy atom. The van der Waals surface area contributed by atoms with Crippen molar-refractivity contribution < 1.29 is 4.79 Å². The van der Waals surface area contributed by atoms with Gasteiger partial charge in [0, 0.05) is 28.8 Å². The van der Waals surface area contributed by atoms with E-state index in [1.165, 1.54) is 12.8 Å². The van der Waals surface area contributed by atoms with Gasteiger partial charge in [0.2, 0.25) is 0 Å². The molecular weight excluding hydrogens is 440 g/mol. The van der Waals surface area contributed by atoms with Gasteiger partial charge in [-0.15, -0.1) is 0 Å². The molecule has 0 unspecified atom stereocenters. The minimum atomic E-state index is 0.0439. The number of hydrogen-bond donors (Lipinski definition) is 0. The van der Waals surface area contributed by atoms with Gasteiger partial charge in [-0.1, -0.05) is 48.7 Å². The van der Waals surface area contributed by atoms with Gasteiger partial charge in [0.1, 0.15) is 11.3 Å². The standard InChI is InChI=1S/C24H29BrN4O/c1-16(2)14-28(24(30)18-11-10-17(3)20(25)13-18)15-22-27-21-9-6-12-26-23(21)29(22)19-7-4-5-8-19/h6,9-13,16,19H,4-5,7-8,14-15H2,1-3H3. The number of imidazole rings is 1. The van der Waals surface area contributed by atoms with E-state index in [0.717, 1.165) is 39.9 Å². The first kappa shape index (κ1) is 21.0. The number of hydrogen-bond acceptors (Lipinski definition) is 3. The number of nitrogens with zero attached hydrogens (tertiary/aromatic N) is 4. The first-order valence-electron chi connectivity index (χ1n) is 10.8. The zero-order chi connectivity index (χ0) is 21.3. The lowest BCUT2D eigenvalue weighted by Crippen LogP contribution is -2.35. The first-order chi connectivity index (χ1) is 14.4. The van der Waals surface area contributed by atoms with E-state index in [1.807, 2.05) is 48.4 Å². The fraction of sp³-hybridized carbons (Fsp3) is 0.458. The SMILES string of the molecule is Cc1ccc(C(=O)N(Cc2nc3cccnc3n2C2CCCC2)CC(C)C)cc1Br. The molecule has 0 saturated heterocycles. The summed E-state index contributed by atoms with van der Waals surface area (Å²) < 4.78 is 3.26. The summed E-state index contributed by atoms with van der Waals surface area (Å²) in [6.45, 7) is 7.50. The first-order valence-corrected chi connectivity index (χ1v) is 11.6. The average molecular weight is 469 g/mol. The molecule has 0 atom stereocenters. The van der Waals surface area contributed by atoms with Crippen LogP contribution in [0.1, 0.15) is 67.3 Å². The number of aryl methyl sites for hydroxylation is 1. The fourth-order valence-electron chi connectivity index (χ4n) is 4.37. The molecule has 5 nitrogen and oxygen atoms in total. The van der Waals surface area contributed by atoms with E-state index >= 15 is 0 Å². The zero-order valence-electron chi connectivity index (χ0n) is 17.9. The highest BCUT2D eigenvalue weighted by Gasteiger charge is 2.26. The van der Waals surface area contributed by atoms with Gasteiger partial charge in [-0.3, -0.25) is 4.79 Å². The molecule has 0 aliphatic heterocycles. The number of rotatable bonds is 6. The fourth-order valence-corrected chi connectivity index (χ4v) is 4.75. The molecule has 0 bridgehead atoms. The highest BCUT2D eigenvalue weighted by molar-refractivity contribution is 9.10. The average Bonchev–Trinajstić information content (AvgIpc) is 3.35. The third-order valence-electron chi connectivity index (χ3n) is 5.84. The summed E-state index contributed by atoms with van der Waals surface area (Å²) in [5, 5.41) is 0. The Kier molecular flexibility index (Phi) is 6.23. The van der Waals surface area contributed by atoms with E-state index in [4.69, 9.17) is 4.98 Å². The van der Waals surface area contributed by atoms with Crippen molar-refractivity contribution in [3.8, 4) is 0 Å². The molecule has 4 rings (SSSR count). The molecule has 1 aliphatic rings. The molecule has 2 aromatic heterocycles. The summed E-state index contributed by atoms with van der Waals surface area (Å²) in [6.07, 6.45) is 6.61. The number of amides is 1. The molecular formula is C24H29BrN4O. The minimum Gasteiger partial charge on any atom is -0.331 e. The summed E-state index contributed by atoms with van der Waals surface area (Å²) in [5.74, 6) is 1.35. The van der Waals surface area contributed by atoms with Crippen LogP contribution in [0.2, 0.25) is 0 Å². The van der Waals surface area contributed by atoms with Crippen LogP contribution in [0.15, 0.2) is 41.0 Å². The largest absolute Gasteiger partial charge is 0.331 e. The number of halogens is 1. The topological polar surface area (TPSA) is 51.0 Å². The smallest absolute Gasteiger partial charge is 0.254 e. The predicted molar refractivity (Wildman–Crippen MR) is 123 cm³/mol. The molecule has 0 radical (unpaired) electrons. The van der Waals surface area contributed by atoms with Crippen LogP contribution >= 0.6 is 15.9 Å². The predicted octanol–water partition coefficient (Wildman–Crippen LogP) is 5.92. The van der Waals surface area contributed by atoms with Crippen LogP contribution in [0.5, 0.6) is 0 Å².